The third-order valence-corrected chi connectivity index (χ3v) is 5.04. The number of nitrogens with zero attached hydrogens (tertiary/aromatic N) is 2. The highest BCUT2D eigenvalue weighted by atomic mass is 32.1. The van der Waals surface area contributed by atoms with Crippen molar-refractivity contribution in [2.24, 2.45) is 5.73 Å². The second-order valence-corrected chi connectivity index (χ2v) is 6.74. The van der Waals surface area contributed by atoms with Gasteiger partial charge in [-0.1, -0.05) is 18.2 Å². The highest BCUT2D eigenvalue weighted by Crippen LogP contribution is 2.31. The molecule has 0 saturated carbocycles. The molecule has 0 bridgehead atoms. The lowest BCUT2D eigenvalue weighted by atomic mass is 10.1. The van der Waals surface area contributed by atoms with Crippen LogP contribution in [0, 0.1) is 0 Å². The molecule has 2 heterocycles. The van der Waals surface area contributed by atoms with Crippen LogP contribution >= 0.6 is 11.3 Å². The van der Waals surface area contributed by atoms with Gasteiger partial charge in [-0.05, 0) is 31.5 Å². The Labute approximate surface area is 140 Å². The molecule has 3 N–H and O–H groups in total. The summed E-state index contributed by atoms with van der Waals surface area (Å²) in [4.78, 5) is 18.8. The maximum atomic E-state index is 12.1. The molecule has 0 fully saturated rings. The zero-order chi connectivity index (χ0) is 16.2. The van der Waals surface area contributed by atoms with E-state index in [0.29, 0.717) is 24.8 Å². The molecule has 23 heavy (non-hydrogen) atoms. The largest absolute Gasteiger partial charge is 0.367 e. The number of carbonyl (C=O) groups excluding carboxylic acids is 1. The summed E-state index contributed by atoms with van der Waals surface area (Å²) in [5.74, 6) is -0.107. The number of benzene rings is 1. The van der Waals surface area contributed by atoms with Crippen LogP contribution in [0.4, 0.5) is 5.69 Å². The molecule has 6 heteroatoms. The Kier molecular flexibility index (Phi) is 4.93. The first-order chi connectivity index (χ1) is 11.2. The van der Waals surface area contributed by atoms with Gasteiger partial charge in [0, 0.05) is 36.6 Å². The van der Waals surface area contributed by atoms with Crippen molar-refractivity contribution in [3.63, 3.8) is 0 Å². The van der Waals surface area contributed by atoms with Crippen LogP contribution in [0.25, 0.3) is 0 Å². The average Bonchev–Trinajstić information content (AvgIpc) is 3.13. The summed E-state index contributed by atoms with van der Waals surface area (Å²) >= 11 is 1.49. The maximum absolute atomic E-state index is 12.1. The van der Waals surface area contributed by atoms with Crippen molar-refractivity contribution in [3.05, 3.63) is 45.9 Å². The monoisotopic (exact) mass is 330 g/mol. The Hall–Kier alpha value is -1.92. The zero-order valence-corrected chi connectivity index (χ0v) is 14.1. The van der Waals surface area contributed by atoms with Crippen molar-refractivity contribution in [1.82, 2.24) is 10.3 Å². The lowest BCUT2D eigenvalue weighted by molar-refractivity contribution is 0.0950. The fourth-order valence-corrected chi connectivity index (χ4v) is 3.80. The summed E-state index contributed by atoms with van der Waals surface area (Å²) in [5, 5.41) is 5.68. The lowest BCUT2D eigenvalue weighted by Crippen LogP contribution is -2.38. The van der Waals surface area contributed by atoms with Crippen LogP contribution in [0.1, 0.15) is 28.0 Å². The van der Waals surface area contributed by atoms with Gasteiger partial charge >= 0.3 is 0 Å². The van der Waals surface area contributed by atoms with Crippen LogP contribution in [0.15, 0.2) is 29.6 Å². The molecule has 122 valence electrons. The number of rotatable bonds is 6. The van der Waals surface area contributed by atoms with E-state index in [0.717, 1.165) is 24.4 Å². The molecule has 1 aliphatic rings. The van der Waals surface area contributed by atoms with Gasteiger partial charge in [-0.3, -0.25) is 4.79 Å². The number of hydrogen-bond donors (Lipinski definition) is 2. The van der Waals surface area contributed by atoms with Gasteiger partial charge in [-0.2, -0.15) is 0 Å². The Bertz CT molecular complexity index is 685. The summed E-state index contributed by atoms with van der Waals surface area (Å²) in [6, 6.07) is 8.95. The van der Waals surface area contributed by atoms with E-state index in [2.05, 4.69) is 46.4 Å². The minimum Gasteiger partial charge on any atom is -0.367 e. The third-order valence-electron chi connectivity index (χ3n) is 4.13. The highest BCUT2D eigenvalue weighted by Gasteiger charge is 2.25. The van der Waals surface area contributed by atoms with Gasteiger partial charge < -0.3 is 16.0 Å². The lowest BCUT2D eigenvalue weighted by Gasteiger charge is -2.24. The van der Waals surface area contributed by atoms with Gasteiger partial charge in [0.05, 0.1) is 5.01 Å². The average molecular weight is 330 g/mol. The molecular weight excluding hydrogens is 308 g/mol. The first kappa shape index (κ1) is 16.0. The fraction of sp³-hybridized carbons (Fsp3) is 0.412. The van der Waals surface area contributed by atoms with Crippen LogP contribution in [0.2, 0.25) is 0 Å². The summed E-state index contributed by atoms with van der Waals surface area (Å²) in [5.41, 5.74) is 8.67. The van der Waals surface area contributed by atoms with Crippen LogP contribution in [-0.2, 0) is 12.8 Å². The number of para-hydroxylation sites is 1. The van der Waals surface area contributed by atoms with E-state index in [1.54, 1.807) is 5.38 Å². The minimum atomic E-state index is -0.107. The topological polar surface area (TPSA) is 71.2 Å². The van der Waals surface area contributed by atoms with E-state index >= 15 is 0 Å². The molecule has 0 saturated heterocycles. The first-order valence-corrected chi connectivity index (χ1v) is 8.84. The van der Waals surface area contributed by atoms with E-state index in [-0.39, 0.29) is 5.91 Å². The van der Waals surface area contributed by atoms with E-state index in [4.69, 9.17) is 5.73 Å². The summed E-state index contributed by atoms with van der Waals surface area (Å²) < 4.78 is 0. The zero-order valence-electron chi connectivity index (χ0n) is 13.3. The molecule has 1 unspecified atom stereocenters. The highest BCUT2D eigenvalue weighted by molar-refractivity contribution is 7.09. The second-order valence-electron chi connectivity index (χ2n) is 5.80. The molecule has 0 radical (unpaired) electrons. The van der Waals surface area contributed by atoms with E-state index < -0.39 is 0 Å². The normalized spacial score (nSPS) is 16.4. The number of aromatic nitrogens is 1. The number of fused-ring (bicyclic) bond motifs is 1. The molecule has 1 atom stereocenters. The SMILES string of the molecule is CC1Cc2ccccc2N1CCNC(=O)c1csc(CCN)n1. The molecule has 2 aromatic rings. The molecule has 0 aliphatic carbocycles. The van der Waals surface area contributed by atoms with Gasteiger partial charge in [0.25, 0.3) is 5.91 Å². The Morgan fingerprint density at radius 1 is 1.48 bits per heavy atom. The van der Waals surface area contributed by atoms with Gasteiger partial charge in [-0.25, -0.2) is 4.98 Å². The molecular formula is C17H22N4OS. The Morgan fingerprint density at radius 3 is 3.13 bits per heavy atom. The van der Waals surface area contributed by atoms with E-state index in [1.807, 2.05) is 0 Å². The second kappa shape index (κ2) is 7.10. The minimum absolute atomic E-state index is 0.107. The van der Waals surface area contributed by atoms with Gasteiger partial charge in [0.15, 0.2) is 0 Å². The van der Waals surface area contributed by atoms with Gasteiger partial charge in [0.2, 0.25) is 0 Å². The van der Waals surface area contributed by atoms with Crippen molar-refractivity contribution in [3.8, 4) is 0 Å². The predicted molar refractivity (Wildman–Crippen MR) is 94.2 cm³/mol. The number of anilines is 1. The van der Waals surface area contributed by atoms with Crippen molar-refractivity contribution in [2.75, 3.05) is 24.5 Å². The molecule has 0 spiro atoms. The molecule has 1 aliphatic heterocycles. The number of thiazole rings is 1. The Balaban J connectivity index is 1.54. The van der Waals surface area contributed by atoms with Crippen LogP contribution < -0.4 is 16.0 Å². The summed E-state index contributed by atoms with van der Waals surface area (Å²) in [7, 11) is 0. The third kappa shape index (κ3) is 3.54. The molecule has 1 amide bonds. The fourth-order valence-electron chi connectivity index (χ4n) is 3.00. The number of carbonyl (C=O) groups is 1. The van der Waals surface area contributed by atoms with Crippen LogP contribution in [-0.4, -0.2) is 36.6 Å². The Morgan fingerprint density at radius 2 is 2.30 bits per heavy atom. The van der Waals surface area contributed by atoms with E-state index in [1.165, 1.54) is 22.6 Å². The van der Waals surface area contributed by atoms with Crippen LogP contribution in [0.3, 0.4) is 0 Å². The predicted octanol–water partition coefficient (Wildman–Crippen LogP) is 1.83. The van der Waals surface area contributed by atoms with E-state index in [9.17, 15) is 4.79 Å². The van der Waals surface area contributed by atoms with Crippen molar-refractivity contribution < 1.29 is 4.79 Å². The molecule has 5 nitrogen and oxygen atoms in total. The summed E-state index contributed by atoms with van der Waals surface area (Å²) in [6.45, 7) is 4.20. The van der Waals surface area contributed by atoms with Crippen molar-refractivity contribution >= 4 is 22.9 Å². The van der Waals surface area contributed by atoms with Crippen molar-refractivity contribution in [1.29, 1.82) is 0 Å². The first-order valence-electron chi connectivity index (χ1n) is 7.96. The van der Waals surface area contributed by atoms with Gasteiger partial charge in [-0.15, -0.1) is 11.3 Å². The standard InChI is InChI=1S/C17H22N4OS/c1-12-10-13-4-2-3-5-15(13)21(12)9-8-19-17(22)14-11-23-16(20-14)6-7-18/h2-5,11-12H,6-10,18H2,1H3,(H,19,22). The smallest absolute Gasteiger partial charge is 0.270 e. The number of nitrogens with two attached hydrogens (primary N) is 1. The van der Waals surface area contributed by atoms with Gasteiger partial charge in [0.1, 0.15) is 5.69 Å². The number of nitrogens with one attached hydrogen (secondary N) is 1. The number of hydrogen-bond acceptors (Lipinski definition) is 5. The van der Waals surface area contributed by atoms with Crippen LogP contribution in [0.5, 0.6) is 0 Å². The molecule has 1 aromatic heterocycles. The molecule has 1 aromatic carbocycles. The quantitative estimate of drug-likeness (QED) is 0.848. The van der Waals surface area contributed by atoms with Crippen molar-refractivity contribution in [2.45, 2.75) is 25.8 Å². The number of amides is 1. The maximum Gasteiger partial charge on any atom is 0.270 e. The molecule has 3 rings (SSSR count). The summed E-state index contributed by atoms with van der Waals surface area (Å²) in [6.07, 6.45) is 1.79.